The Morgan fingerprint density at radius 2 is 2.26 bits per heavy atom. The minimum absolute atomic E-state index is 0.136. The van der Waals surface area contributed by atoms with E-state index in [0.29, 0.717) is 21.2 Å². The molecule has 5 heteroatoms. The van der Waals surface area contributed by atoms with Crippen LogP contribution < -0.4 is 0 Å². The SMILES string of the molecule is C=CCc1cccc(/C=C2/SC(=S)N(C)C2=O)c1O. The molecule has 1 aromatic rings. The van der Waals surface area contributed by atoms with Gasteiger partial charge in [0.2, 0.25) is 0 Å². The second-order valence-electron chi connectivity index (χ2n) is 4.09. The van der Waals surface area contributed by atoms with Gasteiger partial charge in [-0.05, 0) is 18.1 Å². The molecule has 1 N–H and O–H groups in total. The van der Waals surface area contributed by atoms with Gasteiger partial charge in [-0.25, -0.2) is 0 Å². The van der Waals surface area contributed by atoms with Crippen molar-refractivity contribution in [3.63, 3.8) is 0 Å². The number of allylic oxidation sites excluding steroid dienone is 1. The lowest BCUT2D eigenvalue weighted by molar-refractivity contribution is -0.121. The van der Waals surface area contributed by atoms with Gasteiger partial charge in [-0.15, -0.1) is 6.58 Å². The minimum atomic E-state index is -0.136. The zero-order chi connectivity index (χ0) is 14.0. The summed E-state index contributed by atoms with van der Waals surface area (Å²) in [5.74, 6) is 0.0484. The third kappa shape index (κ3) is 2.72. The summed E-state index contributed by atoms with van der Waals surface area (Å²) in [5.41, 5.74) is 1.41. The van der Waals surface area contributed by atoms with Crippen molar-refractivity contribution in [3.05, 3.63) is 46.9 Å². The summed E-state index contributed by atoms with van der Waals surface area (Å²) in [6, 6.07) is 5.45. The average Bonchev–Trinajstić information content (AvgIpc) is 2.62. The Kier molecular flexibility index (Phi) is 4.07. The van der Waals surface area contributed by atoms with Gasteiger partial charge in [-0.1, -0.05) is 48.3 Å². The molecule has 3 nitrogen and oxygen atoms in total. The van der Waals surface area contributed by atoms with Gasteiger partial charge in [0.25, 0.3) is 5.91 Å². The molecule has 0 aromatic heterocycles. The summed E-state index contributed by atoms with van der Waals surface area (Å²) >= 11 is 6.31. The number of hydrogen-bond donors (Lipinski definition) is 1. The summed E-state index contributed by atoms with van der Waals surface area (Å²) in [6.45, 7) is 3.65. The van der Waals surface area contributed by atoms with Crippen LogP contribution in [0.15, 0.2) is 35.8 Å². The number of thiocarbonyl (C=S) groups is 1. The molecule has 0 saturated carbocycles. The normalized spacial score (nSPS) is 17.3. The molecular formula is C14H13NO2S2. The zero-order valence-electron chi connectivity index (χ0n) is 10.4. The van der Waals surface area contributed by atoms with E-state index in [1.165, 1.54) is 16.7 Å². The fourth-order valence-corrected chi connectivity index (χ4v) is 2.91. The molecule has 0 unspecified atom stereocenters. The van der Waals surface area contributed by atoms with Crippen LogP contribution in [0, 0.1) is 0 Å². The quantitative estimate of drug-likeness (QED) is 0.528. The van der Waals surface area contributed by atoms with Crippen LogP contribution in [0.25, 0.3) is 6.08 Å². The first-order valence-electron chi connectivity index (χ1n) is 5.68. The van der Waals surface area contributed by atoms with Crippen LogP contribution >= 0.6 is 24.0 Å². The van der Waals surface area contributed by atoms with Crippen LogP contribution in [-0.4, -0.2) is 27.3 Å². The molecular weight excluding hydrogens is 278 g/mol. The lowest BCUT2D eigenvalue weighted by Gasteiger charge is -2.06. The number of thioether (sulfide) groups is 1. The molecule has 1 heterocycles. The van der Waals surface area contributed by atoms with Crippen molar-refractivity contribution in [3.8, 4) is 5.75 Å². The highest BCUT2D eigenvalue weighted by Crippen LogP contribution is 2.34. The van der Waals surface area contributed by atoms with E-state index >= 15 is 0 Å². The Hall–Kier alpha value is -1.59. The van der Waals surface area contributed by atoms with Gasteiger partial charge in [0.15, 0.2) is 0 Å². The van der Waals surface area contributed by atoms with E-state index in [9.17, 15) is 9.90 Å². The highest BCUT2D eigenvalue weighted by molar-refractivity contribution is 8.26. The molecule has 1 aliphatic heterocycles. The van der Waals surface area contributed by atoms with Crippen LogP contribution in [0.1, 0.15) is 11.1 Å². The number of carbonyl (C=O) groups is 1. The topological polar surface area (TPSA) is 40.5 Å². The number of rotatable bonds is 3. The maximum atomic E-state index is 11.9. The van der Waals surface area contributed by atoms with Crippen molar-refractivity contribution in [2.75, 3.05) is 7.05 Å². The summed E-state index contributed by atoms with van der Waals surface area (Å²) in [6.07, 6.45) is 3.98. The van der Waals surface area contributed by atoms with Crippen molar-refractivity contribution in [1.29, 1.82) is 0 Å². The number of para-hydroxylation sites is 1. The Bertz CT molecular complexity index is 593. The molecule has 1 aromatic carbocycles. The summed E-state index contributed by atoms with van der Waals surface area (Å²) in [4.78, 5) is 13.8. The summed E-state index contributed by atoms with van der Waals surface area (Å²) in [7, 11) is 1.65. The number of aromatic hydroxyl groups is 1. The van der Waals surface area contributed by atoms with E-state index in [4.69, 9.17) is 12.2 Å². The monoisotopic (exact) mass is 291 g/mol. The van der Waals surface area contributed by atoms with Crippen LogP contribution in [0.2, 0.25) is 0 Å². The molecule has 1 amide bonds. The standard InChI is InChI=1S/C14H13NO2S2/c1-3-5-9-6-4-7-10(12(9)16)8-11-13(17)15(2)14(18)19-11/h3-4,6-8,16H,1,5H2,2H3/b11-8+. The van der Waals surface area contributed by atoms with E-state index in [0.717, 1.165) is 5.56 Å². The second-order valence-corrected chi connectivity index (χ2v) is 5.76. The minimum Gasteiger partial charge on any atom is -0.507 e. The number of carbonyl (C=O) groups excluding carboxylic acids is 1. The van der Waals surface area contributed by atoms with Crippen molar-refractivity contribution in [2.45, 2.75) is 6.42 Å². The van der Waals surface area contributed by atoms with Crippen molar-refractivity contribution in [2.24, 2.45) is 0 Å². The first kappa shape index (κ1) is 13.8. The number of phenolic OH excluding ortho intramolecular Hbond substituents is 1. The van der Waals surface area contributed by atoms with Crippen LogP contribution in [0.5, 0.6) is 5.75 Å². The van der Waals surface area contributed by atoms with Gasteiger partial charge in [0.05, 0.1) is 4.91 Å². The van der Waals surface area contributed by atoms with Gasteiger partial charge in [0, 0.05) is 12.6 Å². The van der Waals surface area contributed by atoms with Crippen molar-refractivity contribution in [1.82, 2.24) is 4.90 Å². The second kappa shape index (κ2) is 5.59. The molecule has 0 bridgehead atoms. The summed E-state index contributed by atoms with van der Waals surface area (Å²) < 4.78 is 0.526. The third-order valence-corrected chi connectivity index (χ3v) is 4.27. The zero-order valence-corrected chi connectivity index (χ0v) is 12.1. The lowest BCUT2D eigenvalue weighted by atomic mass is 10.1. The Labute approximate surface area is 121 Å². The molecule has 0 atom stereocenters. The van der Waals surface area contributed by atoms with E-state index in [1.807, 2.05) is 12.1 Å². The van der Waals surface area contributed by atoms with Crippen molar-refractivity contribution < 1.29 is 9.90 Å². The fourth-order valence-electron chi connectivity index (χ4n) is 1.73. The van der Waals surface area contributed by atoms with Gasteiger partial charge < -0.3 is 5.11 Å². The van der Waals surface area contributed by atoms with E-state index in [-0.39, 0.29) is 11.7 Å². The number of likely N-dealkylation sites (N-methyl/N-ethyl adjacent to an activating group) is 1. The van der Waals surface area contributed by atoms with Gasteiger partial charge in [0.1, 0.15) is 10.1 Å². The fraction of sp³-hybridized carbons (Fsp3) is 0.143. The first-order valence-corrected chi connectivity index (χ1v) is 6.90. The highest BCUT2D eigenvalue weighted by Gasteiger charge is 2.28. The molecule has 98 valence electrons. The molecule has 0 aliphatic carbocycles. The smallest absolute Gasteiger partial charge is 0.265 e. The molecule has 0 spiro atoms. The van der Waals surface area contributed by atoms with Gasteiger partial charge in [-0.3, -0.25) is 9.69 Å². The maximum absolute atomic E-state index is 11.9. The maximum Gasteiger partial charge on any atom is 0.265 e. The molecule has 1 saturated heterocycles. The van der Waals surface area contributed by atoms with Gasteiger partial charge in [-0.2, -0.15) is 0 Å². The molecule has 0 radical (unpaired) electrons. The van der Waals surface area contributed by atoms with Gasteiger partial charge >= 0.3 is 0 Å². The number of phenols is 1. The predicted molar refractivity (Wildman–Crippen MR) is 82.9 cm³/mol. The number of nitrogens with zero attached hydrogens (tertiary/aromatic N) is 1. The van der Waals surface area contributed by atoms with E-state index < -0.39 is 0 Å². The van der Waals surface area contributed by atoms with Crippen LogP contribution in [0.3, 0.4) is 0 Å². The molecule has 1 aliphatic rings. The predicted octanol–water partition coefficient (Wildman–Crippen LogP) is 2.95. The number of hydrogen-bond acceptors (Lipinski definition) is 4. The first-order chi connectivity index (χ1) is 9.04. The largest absolute Gasteiger partial charge is 0.507 e. The van der Waals surface area contributed by atoms with Crippen LogP contribution in [-0.2, 0) is 11.2 Å². The number of amides is 1. The molecule has 2 rings (SSSR count). The van der Waals surface area contributed by atoms with E-state index in [2.05, 4.69) is 6.58 Å². The number of benzene rings is 1. The highest BCUT2D eigenvalue weighted by atomic mass is 32.2. The Morgan fingerprint density at radius 3 is 2.84 bits per heavy atom. The Morgan fingerprint density at radius 1 is 1.53 bits per heavy atom. The Balaban J connectivity index is 2.39. The van der Waals surface area contributed by atoms with Crippen LogP contribution in [0.4, 0.5) is 0 Å². The lowest BCUT2D eigenvalue weighted by Crippen LogP contribution is -2.22. The third-order valence-electron chi connectivity index (χ3n) is 2.79. The summed E-state index contributed by atoms with van der Waals surface area (Å²) in [5, 5.41) is 10.1. The average molecular weight is 291 g/mol. The molecule has 19 heavy (non-hydrogen) atoms. The molecule has 1 fully saturated rings. The van der Waals surface area contributed by atoms with Crippen molar-refractivity contribution >= 4 is 40.3 Å². The van der Waals surface area contributed by atoms with E-state index in [1.54, 1.807) is 25.3 Å².